The van der Waals surface area contributed by atoms with Gasteiger partial charge in [0.2, 0.25) is 11.6 Å². The van der Waals surface area contributed by atoms with Crippen LogP contribution in [0, 0.1) is 10.1 Å². The van der Waals surface area contributed by atoms with Gasteiger partial charge in [0.15, 0.2) is 0 Å². The number of nitrogens with one attached hydrogen (secondary N) is 2. The molecule has 7 nitrogen and oxygen atoms in total. The fourth-order valence-electron chi connectivity index (χ4n) is 1.85. The van der Waals surface area contributed by atoms with Crippen molar-refractivity contribution in [3.63, 3.8) is 0 Å². The summed E-state index contributed by atoms with van der Waals surface area (Å²) in [6.07, 6.45) is 5.35. The Morgan fingerprint density at radius 3 is 2.60 bits per heavy atom. The van der Waals surface area contributed by atoms with Crippen LogP contribution in [0.25, 0.3) is 0 Å². The molecule has 1 rings (SSSR count). The first-order chi connectivity index (χ1) is 9.60. The molecule has 1 aromatic rings. The molecule has 7 heteroatoms. The van der Waals surface area contributed by atoms with Crippen LogP contribution in [0.15, 0.2) is 6.33 Å². The van der Waals surface area contributed by atoms with E-state index in [-0.39, 0.29) is 23.4 Å². The molecule has 20 heavy (non-hydrogen) atoms. The summed E-state index contributed by atoms with van der Waals surface area (Å²) in [5.74, 6) is 0.559. The van der Waals surface area contributed by atoms with Crippen molar-refractivity contribution in [3.8, 4) is 0 Å². The van der Waals surface area contributed by atoms with Crippen molar-refractivity contribution >= 4 is 17.3 Å². The van der Waals surface area contributed by atoms with E-state index in [4.69, 9.17) is 0 Å². The molecule has 0 bridgehead atoms. The van der Waals surface area contributed by atoms with Crippen molar-refractivity contribution in [1.82, 2.24) is 9.97 Å². The van der Waals surface area contributed by atoms with Crippen molar-refractivity contribution in [1.29, 1.82) is 0 Å². The Labute approximate surface area is 119 Å². The average Bonchev–Trinajstić information content (AvgIpc) is 2.42. The lowest BCUT2D eigenvalue weighted by molar-refractivity contribution is -0.383. The lowest BCUT2D eigenvalue weighted by atomic mass is 10.1. The molecule has 0 radical (unpaired) electrons. The molecular weight excluding hydrogens is 258 g/mol. The second-order valence-corrected chi connectivity index (χ2v) is 4.79. The highest BCUT2D eigenvalue weighted by Crippen LogP contribution is 2.29. The standard InChI is InChI=1S/C13H23N5O2/c1-4-6-7-10(3)17-13-11(18(19)20)12(14-8-5-2)15-9-16-13/h9-10H,4-8H2,1-3H3,(H2,14,15,16,17). The molecule has 1 aromatic heterocycles. The predicted octanol–water partition coefficient (Wildman–Crippen LogP) is 3.20. The van der Waals surface area contributed by atoms with E-state index in [1.807, 2.05) is 13.8 Å². The molecule has 0 fully saturated rings. The summed E-state index contributed by atoms with van der Waals surface area (Å²) < 4.78 is 0. The smallest absolute Gasteiger partial charge is 0.353 e. The lowest BCUT2D eigenvalue weighted by Crippen LogP contribution is -2.18. The number of rotatable bonds is 9. The highest BCUT2D eigenvalue weighted by molar-refractivity contribution is 5.69. The minimum atomic E-state index is -0.438. The van der Waals surface area contributed by atoms with Crippen LogP contribution in [0.4, 0.5) is 17.3 Å². The highest BCUT2D eigenvalue weighted by atomic mass is 16.6. The molecule has 0 saturated carbocycles. The fraction of sp³-hybridized carbons (Fsp3) is 0.692. The topological polar surface area (TPSA) is 93.0 Å². The molecule has 0 aliphatic carbocycles. The SMILES string of the molecule is CCCCC(C)Nc1ncnc(NCCC)c1[N+](=O)[O-]. The molecule has 1 unspecified atom stereocenters. The van der Waals surface area contributed by atoms with Crippen molar-refractivity contribution in [3.05, 3.63) is 16.4 Å². The normalized spacial score (nSPS) is 11.9. The molecule has 1 atom stereocenters. The van der Waals surface area contributed by atoms with E-state index in [9.17, 15) is 10.1 Å². The number of anilines is 2. The maximum absolute atomic E-state index is 11.2. The Hall–Kier alpha value is -1.92. The number of hydrogen-bond acceptors (Lipinski definition) is 6. The molecule has 112 valence electrons. The van der Waals surface area contributed by atoms with Gasteiger partial charge in [-0.25, -0.2) is 9.97 Å². The number of nitrogens with zero attached hydrogens (tertiary/aromatic N) is 3. The number of unbranched alkanes of at least 4 members (excludes halogenated alkanes) is 1. The van der Waals surface area contributed by atoms with Crippen LogP contribution in [0.2, 0.25) is 0 Å². The summed E-state index contributed by atoms with van der Waals surface area (Å²) in [5, 5.41) is 17.3. The Balaban J connectivity index is 2.91. The van der Waals surface area contributed by atoms with Crippen LogP contribution < -0.4 is 10.6 Å². The molecule has 0 aliphatic heterocycles. The minimum absolute atomic E-state index is 0.0794. The van der Waals surface area contributed by atoms with Crippen molar-refractivity contribution in [2.24, 2.45) is 0 Å². The van der Waals surface area contributed by atoms with Crippen molar-refractivity contribution in [2.75, 3.05) is 17.2 Å². The van der Waals surface area contributed by atoms with Gasteiger partial charge in [0.1, 0.15) is 6.33 Å². The summed E-state index contributed by atoms with van der Waals surface area (Å²) >= 11 is 0. The van der Waals surface area contributed by atoms with Gasteiger partial charge in [0, 0.05) is 12.6 Å². The number of nitro groups is 1. The Morgan fingerprint density at radius 2 is 2.00 bits per heavy atom. The van der Waals surface area contributed by atoms with E-state index in [0.717, 1.165) is 25.7 Å². The van der Waals surface area contributed by atoms with E-state index in [1.165, 1.54) is 6.33 Å². The first-order valence-corrected chi connectivity index (χ1v) is 7.09. The molecule has 0 amide bonds. The summed E-state index contributed by atoms with van der Waals surface area (Å²) in [6.45, 7) is 6.75. The van der Waals surface area contributed by atoms with Gasteiger partial charge in [0.05, 0.1) is 4.92 Å². The minimum Gasteiger partial charge on any atom is -0.364 e. The quantitative estimate of drug-likeness (QED) is 0.533. The van der Waals surface area contributed by atoms with Gasteiger partial charge in [-0.1, -0.05) is 26.7 Å². The van der Waals surface area contributed by atoms with Gasteiger partial charge in [-0.15, -0.1) is 0 Å². The van der Waals surface area contributed by atoms with E-state index >= 15 is 0 Å². The van der Waals surface area contributed by atoms with Crippen LogP contribution in [-0.2, 0) is 0 Å². The van der Waals surface area contributed by atoms with Gasteiger partial charge < -0.3 is 10.6 Å². The van der Waals surface area contributed by atoms with Crippen LogP contribution in [0.5, 0.6) is 0 Å². The number of aromatic nitrogens is 2. The first kappa shape index (κ1) is 16.1. The molecular formula is C13H23N5O2. The molecule has 0 aliphatic rings. The van der Waals surface area contributed by atoms with Crippen molar-refractivity contribution < 1.29 is 4.92 Å². The van der Waals surface area contributed by atoms with E-state index in [2.05, 4.69) is 27.5 Å². The Bertz CT molecular complexity index is 439. The van der Waals surface area contributed by atoms with Gasteiger partial charge >= 0.3 is 5.69 Å². The summed E-state index contributed by atoms with van der Waals surface area (Å²) in [6, 6.07) is 0.141. The summed E-state index contributed by atoms with van der Waals surface area (Å²) in [5.41, 5.74) is -0.0794. The second-order valence-electron chi connectivity index (χ2n) is 4.79. The highest BCUT2D eigenvalue weighted by Gasteiger charge is 2.23. The fourth-order valence-corrected chi connectivity index (χ4v) is 1.85. The third kappa shape index (κ3) is 4.64. The van der Waals surface area contributed by atoms with E-state index < -0.39 is 4.92 Å². The largest absolute Gasteiger partial charge is 0.364 e. The lowest BCUT2D eigenvalue weighted by Gasteiger charge is -2.15. The molecule has 0 aromatic carbocycles. The zero-order valence-corrected chi connectivity index (χ0v) is 12.3. The zero-order chi connectivity index (χ0) is 15.0. The van der Waals surface area contributed by atoms with Crippen LogP contribution in [0.1, 0.15) is 46.5 Å². The number of hydrogen-bond donors (Lipinski definition) is 2. The monoisotopic (exact) mass is 281 g/mol. The summed E-state index contributed by atoms with van der Waals surface area (Å²) in [7, 11) is 0. The second kappa shape index (κ2) is 8.29. The molecule has 1 heterocycles. The Morgan fingerprint density at radius 1 is 1.30 bits per heavy atom. The van der Waals surface area contributed by atoms with Gasteiger partial charge in [-0.05, 0) is 19.8 Å². The van der Waals surface area contributed by atoms with Gasteiger partial charge in [0.25, 0.3) is 0 Å². The average molecular weight is 281 g/mol. The van der Waals surface area contributed by atoms with E-state index in [0.29, 0.717) is 6.54 Å². The first-order valence-electron chi connectivity index (χ1n) is 7.09. The van der Waals surface area contributed by atoms with Crippen molar-refractivity contribution in [2.45, 2.75) is 52.5 Å². The molecule has 2 N–H and O–H groups in total. The van der Waals surface area contributed by atoms with Crippen LogP contribution in [-0.4, -0.2) is 27.5 Å². The summed E-state index contributed by atoms with van der Waals surface area (Å²) in [4.78, 5) is 18.8. The maximum atomic E-state index is 11.2. The Kier molecular flexibility index (Phi) is 6.69. The molecule has 0 spiro atoms. The maximum Gasteiger partial charge on any atom is 0.353 e. The van der Waals surface area contributed by atoms with E-state index in [1.54, 1.807) is 0 Å². The van der Waals surface area contributed by atoms with Crippen LogP contribution in [0.3, 0.4) is 0 Å². The molecule has 0 saturated heterocycles. The third-order valence-electron chi connectivity index (χ3n) is 2.92. The third-order valence-corrected chi connectivity index (χ3v) is 2.92. The van der Waals surface area contributed by atoms with Gasteiger partial charge in [-0.2, -0.15) is 0 Å². The predicted molar refractivity (Wildman–Crippen MR) is 80.1 cm³/mol. The van der Waals surface area contributed by atoms with Gasteiger partial charge in [-0.3, -0.25) is 10.1 Å². The van der Waals surface area contributed by atoms with Crippen LogP contribution >= 0.6 is 0 Å². The zero-order valence-electron chi connectivity index (χ0n) is 12.3.